The number of carbonyl (C=O) groups is 1. The molecule has 1 heterocycles. The third-order valence-corrected chi connectivity index (χ3v) is 3.01. The number of halogens is 1. The van der Waals surface area contributed by atoms with Crippen molar-refractivity contribution in [3.63, 3.8) is 0 Å². The monoisotopic (exact) mass is 257 g/mol. The Morgan fingerprint density at radius 3 is 2.83 bits per heavy atom. The van der Waals surface area contributed by atoms with Crippen LogP contribution in [0.25, 0.3) is 0 Å². The van der Waals surface area contributed by atoms with E-state index >= 15 is 0 Å². The van der Waals surface area contributed by atoms with E-state index in [0.717, 1.165) is 38.8 Å². The minimum absolute atomic E-state index is 0.214. The van der Waals surface area contributed by atoms with Gasteiger partial charge in [-0.2, -0.15) is 0 Å². The average Bonchev–Trinajstić information content (AvgIpc) is 2.71. The lowest BCUT2D eigenvalue weighted by molar-refractivity contribution is 0.0287. The van der Waals surface area contributed by atoms with Gasteiger partial charge in [-0.25, -0.2) is 9.18 Å². The van der Waals surface area contributed by atoms with Gasteiger partial charge in [0.05, 0.1) is 6.33 Å². The van der Waals surface area contributed by atoms with Gasteiger partial charge in [-0.05, 0) is 52.4 Å². The predicted octanol–water partition coefficient (Wildman–Crippen LogP) is 3.90. The third-order valence-electron chi connectivity index (χ3n) is 3.01. The van der Waals surface area contributed by atoms with E-state index in [1.54, 1.807) is 11.0 Å². The number of hydrogen-bond donors (Lipinski definition) is 0. The second kappa shape index (κ2) is 6.76. The summed E-state index contributed by atoms with van der Waals surface area (Å²) >= 11 is 0. The molecule has 1 atom stereocenters. The summed E-state index contributed by atoms with van der Waals surface area (Å²) in [6, 6.07) is 0. The zero-order valence-electron chi connectivity index (χ0n) is 11.6. The lowest BCUT2D eigenvalue weighted by Gasteiger charge is -2.24. The molecule has 0 aliphatic carbocycles. The SMILES string of the molecule is CC(C)(C)OC(=O)N1CC[C@H](CCCC=CF)C1. The second-order valence-electron chi connectivity index (χ2n) is 5.87. The molecule has 1 fully saturated rings. The lowest BCUT2D eigenvalue weighted by atomic mass is 10.0. The van der Waals surface area contributed by atoms with Crippen LogP contribution in [0.3, 0.4) is 0 Å². The predicted molar refractivity (Wildman–Crippen MR) is 70.0 cm³/mol. The van der Waals surface area contributed by atoms with Crippen molar-refractivity contribution in [2.75, 3.05) is 13.1 Å². The highest BCUT2D eigenvalue weighted by Crippen LogP contribution is 2.23. The second-order valence-corrected chi connectivity index (χ2v) is 5.87. The molecule has 0 radical (unpaired) electrons. The van der Waals surface area contributed by atoms with Gasteiger partial charge in [-0.15, -0.1) is 0 Å². The van der Waals surface area contributed by atoms with E-state index in [4.69, 9.17) is 4.74 Å². The van der Waals surface area contributed by atoms with E-state index in [9.17, 15) is 9.18 Å². The zero-order chi connectivity index (χ0) is 13.6. The van der Waals surface area contributed by atoms with Gasteiger partial charge >= 0.3 is 6.09 Å². The third kappa shape index (κ3) is 5.52. The molecular weight excluding hydrogens is 233 g/mol. The number of ether oxygens (including phenoxy) is 1. The van der Waals surface area contributed by atoms with Crippen LogP contribution in [-0.4, -0.2) is 29.7 Å². The van der Waals surface area contributed by atoms with Crippen molar-refractivity contribution in [3.05, 3.63) is 12.4 Å². The van der Waals surface area contributed by atoms with Gasteiger partial charge in [0.15, 0.2) is 0 Å². The van der Waals surface area contributed by atoms with Crippen LogP contribution in [-0.2, 0) is 4.74 Å². The Morgan fingerprint density at radius 2 is 2.22 bits per heavy atom. The largest absolute Gasteiger partial charge is 0.444 e. The number of allylic oxidation sites excluding steroid dienone is 1. The molecule has 1 aliphatic rings. The van der Waals surface area contributed by atoms with E-state index in [1.807, 2.05) is 20.8 Å². The number of carbonyl (C=O) groups excluding carboxylic acids is 1. The average molecular weight is 257 g/mol. The number of hydrogen-bond acceptors (Lipinski definition) is 2. The Hall–Kier alpha value is -1.06. The van der Waals surface area contributed by atoms with Crippen molar-refractivity contribution < 1.29 is 13.9 Å². The maximum absolute atomic E-state index is 11.8. The first kappa shape index (κ1) is 15.0. The van der Waals surface area contributed by atoms with Crippen molar-refractivity contribution in [1.29, 1.82) is 0 Å². The first-order valence-electron chi connectivity index (χ1n) is 6.65. The van der Waals surface area contributed by atoms with Crippen molar-refractivity contribution >= 4 is 6.09 Å². The van der Waals surface area contributed by atoms with Gasteiger partial charge in [-0.3, -0.25) is 0 Å². The Bertz CT molecular complexity index is 297. The van der Waals surface area contributed by atoms with Gasteiger partial charge in [0.2, 0.25) is 0 Å². The number of nitrogens with zero attached hydrogens (tertiary/aromatic N) is 1. The molecule has 104 valence electrons. The molecule has 1 rings (SSSR count). The summed E-state index contributed by atoms with van der Waals surface area (Å²) in [6.45, 7) is 7.18. The molecule has 1 aliphatic heterocycles. The number of amides is 1. The fourth-order valence-electron chi connectivity index (χ4n) is 2.15. The Balaban J connectivity index is 2.26. The molecule has 0 aromatic carbocycles. The number of likely N-dealkylation sites (tertiary alicyclic amines) is 1. The normalized spacial score (nSPS) is 20.7. The summed E-state index contributed by atoms with van der Waals surface area (Å²) in [5.74, 6) is 0.533. The van der Waals surface area contributed by atoms with Crippen molar-refractivity contribution in [2.24, 2.45) is 5.92 Å². The number of rotatable bonds is 4. The highest BCUT2D eigenvalue weighted by Gasteiger charge is 2.29. The maximum Gasteiger partial charge on any atom is 0.410 e. The topological polar surface area (TPSA) is 29.5 Å². The minimum Gasteiger partial charge on any atom is -0.444 e. The van der Waals surface area contributed by atoms with Crippen molar-refractivity contribution in [3.8, 4) is 0 Å². The molecule has 0 bridgehead atoms. The molecule has 0 aromatic rings. The Labute approximate surface area is 109 Å². The first-order chi connectivity index (χ1) is 8.42. The van der Waals surface area contributed by atoms with Gasteiger partial charge in [0.25, 0.3) is 0 Å². The quantitative estimate of drug-likeness (QED) is 0.715. The maximum atomic E-state index is 11.8. The van der Waals surface area contributed by atoms with Crippen LogP contribution >= 0.6 is 0 Å². The summed E-state index contributed by atoms with van der Waals surface area (Å²) in [5, 5.41) is 0. The molecule has 3 nitrogen and oxygen atoms in total. The van der Waals surface area contributed by atoms with Crippen LogP contribution in [0.5, 0.6) is 0 Å². The molecular formula is C14H24FNO2. The van der Waals surface area contributed by atoms with Gasteiger partial charge in [0, 0.05) is 13.1 Å². The molecule has 4 heteroatoms. The van der Waals surface area contributed by atoms with Gasteiger partial charge in [-0.1, -0.05) is 6.08 Å². The standard InChI is InChI=1S/C14H24FNO2/c1-14(2,3)18-13(17)16-10-8-12(11-16)7-5-4-6-9-15/h6,9,12H,4-5,7-8,10-11H2,1-3H3/t12-/m0/s1. The smallest absolute Gasteiger partial charge is 0.410 e. The molecule has 1 saturated heterocycles. The molecule has 0 N–H and O–H groups in total. The first-order valence-corrected chi connectivity index (χ1v) is 6.65. The van der Waals surface area contributed by atoms with Crippen LogP contribution in [0.2, 0.25) is 0 Å². The van der Waals surface area contributed by atoms with Gasteiger partial charge < -0.3 is 9.64 Å². The highest BCUT2D eigenvalue weighted by molar-refractivity contribution is 5.68. The summed E-state index contributed by atoms with van der Waals surface area (Å²) < 4.78 is 17.1. The van der Waals surface area contributed by atoms with Crippen molar-refractivity contribution in [2.45, 2.75) is 52.1 Å². The van der Waals surface area contributed by atoms with E-state index in [-0.39, 0.29) is 6.09 Å². The summed E-state index contributed by atoms with van der Waals surface area (Å²) in [7, 11) is 0. The number of unbranched alkanes of at least 4 members (excludes halogenated alkanes) is 1. The fraction of sp³-hybridized carbons (Fsp3) is 0.786. The van der Waals surface area contributed by atoms with Crippen LogP contribution in [0.1, 0.15) is 46.5 Å². The van der Waals surface area contributed by atoms with Crippen LogP contribution in [0, 0.1) is 5.92 Å². The molecule has 0 spiro atoms. The molecule has 0 unspecified atom stereocenters. The van der Waals surface area contributed by atoms with Gasteiger partial charge in [0.1, 0.15) is 5.60 Å². The molecule has 0 aromatic heterocycles. The minimum atomic E-state index is -0.429. The Morgan fingerprint density at radius 1 is 1.50 bits per heavy atom. The highest BCUT2D eigenvalue weighted by atomic mass is 19.1. The summed E-state index contributed by atoms with van der Waals surface area (Å²) in [5.41, 5.74) is -0.429. The van der Waals surface area contributed by atoms with Crippen LogP contribution in [0.4, 0.5) is 9.18 Å². The fourth-order valence-corrected chi connectivity index (χ4v) is 2.15. The molecule has 18 heavy (non-hydrogen) atoms. The van der Waals surface area contributed by atoms with E-state index in [0.29, 0.717) is 12.2 Å². The van der Waals surface area contributed by atoms with E-state index in [1.165, 1.54) is 0 Å². The van der Waals surface area contributed by atoms with E-state index < -0.39 is 5.60 Å². The zero-order valence-corrected chi connectivity index (χ0v) is 11.6. The summed E-state index contributed by atoms with van der Waals surface area (Å²) in [6.07, 6.45) is 5.76. The lowest BCUT2D eigenvalue weighted by Crippen LogP contribution is -2.35. The molecule has 0 saturated carbocycles. The van der Waals surface area contributed by atoms with Crippen molar-refractivity contribution in [1.82, 2.24) is 4.90 Å². The molecule has 1 amide bonds. The van der Waals surface area contributed by atoms with E-state index in [2.05, 4.69) is 0 Å². The Kier molecular flexibility index (Phi) is 5.63. The van der Waals surface area contributed by atoms with Crippen LogP contribution in [0.15, 0.2) is 12.4 Å². The summed E-state index contributed by atoms with van der Waals surface area (Å²) in [4.78, 5) is 13.6. The van der Waals surface area contributed by atoms with Crippen LogP contribution < -0.4 is 0 Å².